The van der Waals surface area contributed by atoms with Crippen molar-refractivity contribution in [3.63, 3.8) is 0 Å². The Morgan fingerprint density at radius 2 is 1.57 bits per heavy atom. The summed E-state index contributed by atoms with van der Waals surface area (Å²) in [6.07, 6.45) is 1.75. The van der Waals surface area contributed by atoms with Crippen molar-refractivity contribution in [3.05, 3.63) is 82.1 Å². The molecular formula is C23H25N3O2. The largest absolute Gasteiger partial charge is 0.339 e. The van der Waals surface area contributed by atoms with Crippen LogP contribution < -0.4 is 5.43 Å². The predicted molar refractivity (Wildman–Crippen MR) is 112 cm³/mol. The smallest absolute Gasteiger partial charge is 0.259 e. The lowest BCUT2D eigenvalue weighted by molar-refractivity contribution is 0.0662. The fraction of sp³-hybridized carbons (Fsp3) is 0.304. The van der Waals surface area contributed by atoms with Gasteiger partial charge in [-0.2, -0.15) is 0 Å². The Balaban J connectivity index is 1.83. The molecule has 1 unspecified atom stereocenters. The fourth-order valence-corrected chi connectivity index (χ4v) is 3.85. The van der Waals surface area contributed by atoms with E-state index in [9.17, 15) is 9.59 Å². The van der Waals surface area contributed by atoms with Gasteiger partial charge in [0.25, 0.3) is 5.91 Å². The average Bonchev–Trinajstić information content (AvgIpc) is 2.74. The van der Waals surface area contributed by atoms with E-state index in [-0.39, 0.29) is 22.9 Å². The molecule has 1 aliphatic rings. The zero-order valence-corrected chi connectivity index (χ0v) is 16.3. The first-order chi connectivity index (χ1) is 13.6. The molecule has 1 aromatic heterocycles. The molecule has 1 saturated heterocycles. The lowest BCUT2D eigenvalue weighted by atomic mass is 10.0. The molecule has 1 aliphatic heterocycles. The minimum absolute atomic E-state index is 0.00531. The maximum atomic E-state index is 13.2. The van der Waals surface area contributed by atoms with Gasteiger partial charge in [-0.25, -0.2) is 0 Å². The minimum Gasteiger partial charge on any atom is -0.339 e. The van der Waals surface area contributed by atoms with E-state index in [1.807, 2.05) is 49.5 Å². The van der Waals surface area contributed by atoms with Crippen LogP contribution in [0.25, 0.3) is 10.9 Å². The average molecular weight is 375 g/mol. The Kier molecular flexibility index (Phi) is 5.01. The number of nitrogens with zero attached hydrogens (tertiary/aromatic N) is 3. The molecule has 1 atom stereocenters. The Hall–Kier alpha value is -2.92. The summed E-state index contributed by atoms with van der Waals surface area (Å²) in [5, 5.41) is 0.588. The van der Waals surface area contributed by atoms with Crippen LogP contribution >= 0.6 is 0 Å². The van der Waals surface area contributed by atoms with Crippen LogP contribution in [-0.2, 0) is 0 Å². The second kappa shape index (κ2) is 7.60. The summed E-state index contributed by atoms with van der Waals surface area (Å²) in [7, 11) is 2.05. The van der Waals surface area contributed by atoms with E-state index >= 15 is 0 Å². The summed E-state index contributed by atoms with van der Waals surface area (Å²) >= 11 is 0. The molecule has 2 heterocycles. The molecule has 5 heteroatoms. The lowest BCUT2D eigenvalue weighted by Gasteiger charge is -2.32. The van der Waals surface area contributed by atoms with Gasteiger partial charge < -0.3 is 14.4 Å². The number of benzene rings is 2. The molecule has 0 spiro atoms. The molecule has 0 N–H and O–H groups in total. The molecule has 0 saturated carbocycles. The zero-order valence-electron chi connectivity index (χ0n) is 16.3. The van der Waals surface area contributed by atoms with Crippen molar-refractivity contribution in [1.29, 1.82) is 0 Å². The van der Waals surface area contributed by atoms with Gasteiger partial charge in [-0.3, -0.25) is 9.59 Å². The number of hydrogen-bond acceptors (Lipinski definition) is 3. The van der Waals surface area contributed by atoms with Crippen molar-refractivity contribution >= 4 is 16.8 Å². The van der Waals surface area contributed by atoms with Gasteiger partial charge in [0.2, 0.25) is 5.43 Å². The maximum absolute atomic E-state index is 13.2. The summed E-state index contributed by atoms with van der Waals surface area (Å²) in [5.41, 5.74) is 2.05. The minimum atomic E-state index is -0.184. The molecule has 5 nitrogen and oxygen atoms in total. The number of hydrogen-bond donors (Lipinski definition) is 0. The van der Waals surface area contributed by atoms with E-state index in [2.05, 4.69) is 28.5 Å². The summed E-state index contributed by atoms with van der Waals surface area (Å²) in [6.45, 7) is 5.05. The third-order valence-electron chi connectivity index (χ3n) is 5.66. The Morgan fingerprint density at radius 3 is 2.29 bits per heavy atom. The van der Waals surface area contributed by atoms with Gasteiger partial charge in [0, 0.05) is 37.8 Å². The molecular weight excluding hydrogens is 350 g/mol. The quantitative estimate of drug-likeness (QED) is 0.707. The SMILES string of the molecule is CC(c1ccccc1)n1cc(C(=O)N2CCN(C)CC2)c(=O)c2ccccc21. The van der Waals surface area contributed by atoms with Crippen LogP contribution in [0.2, 0.25) is 0 Å². The number of rotatable bonds is 3. The number of likely N-dealkylation sites (N-methyl/N-ethyl adjacent to an activating group) is 1. The summed E-state index contributed by atoms with van der Waals surface area (Å²) in [4.78, 5) is 30.3. The molecule has 3 aromatic rings. The van der Waals surface area contributed by atoms with Crippen molar-refractivity contribution in [2.45, 2.75) is 13.0 Å². The molecule has 144 valence electrons. The molecule has 0 radical (unpaired) electrons. The van der Waals surface area contributed by atoms with Crippen molar-refractivity contribution in [2.24, 2.45) is 0 Å². The topological polar surface area (TPSA) is 45.6 Å². The monoisotopic (exact) mass is 375 g/mol. The Bertz CT molecular complexity index is 1050. The molecule has 1 fully saturated rings. The van der Waals surface area contributed by atoms with Crippen LogP contribution in [0.1, 0.15) is 28.9 Å². The summed E-state index contributed by atoms with van der Waals surface area (Å²) in [5.74, 6) is -0.169. The van der Waals surface area contributed by atoms with Crippen LogP contribution in [0.15, 0.2) is 65.6 Å². The van der Waals surface area contributed by atoms with Gasteiger partial charge in [0.1, 0.15) is 5.56 Å². The first-order valence-corrected chi connectivity index (χ1v) is 9.73. The third-order valence-corrected chi connectivity index (χ3v) is 5.66. The van der Waals surface area contributed by atoms with Crippen LogP contribution in [0.5, 0.6) is 0 Å². The van der Waals surface area contributed by atoms with E-state index in [0.717, 1.165) is 24.2 Å². The highest BCUT2D eigenvalue weighted by molar-refractivity contribution is 5.97. The highest BCUT2D eigenvalue weighted by Gasteiger charge is 2.24. The Morgan fingerprint density at radius 1 is 0.929 bits per heavy atom. The third kappa shape index (κ3) is 3.34. The second-order valence-electron chi connectivity index (χ2n) is 7.48. The van der Waals surface area contributed by atoms with Gasteiger partial charge in [-0.1, -0.05) is 42.5 Å². The van der Waals surface area contributed by atoms with Gasteiger partial charge in [0.15, 0.2) is 0 Å². The summed E-state index contributed by atoms with van der Waals surface area (Å²) in [6, 6.07) is 17.7. The molecule has 0 aliphatic carbocycles. The number of fused-ring (bicyclic) bond motifs is 1. The van der Waals surface area contributed by atoms with Gasteiger partial charge in [-0.15, -0.1) is 0 Å². The molecule has 2 aromatic carbocycles. The van der Waals surface area contributed by atoms with E-state index in [0.29, 0.717) is 18.5 Å². The first kappa shape index (κ1) is 18.4. The first-order valence-electron chi connectivity index (χ1n) is 9.73. The normalized spacial score (nSPS) is 16.3. The maximum Gasteiger partial charge on any atom is 0.259 e. The van der Waals surface area contributed by atoms with E-state index in [4.69, 9.17) is 0 Å². The van der Waals surface area contributed by atoms with Gasteiger partial charge in [0.05, 0.1) is 11.6 Å². The lowest BCUT2D eigenvalue weighted by Crippen LogP contribution is -2.48. The van der Waals surface area contributed by atoms with E-state index in [1.165, 1.54) is 0 Å². The number of pyridine rings is 1. The highest BCUT2D eigenvalue weighted by Crippen LogP contribution is 2.23. The summed E-state index contributed by atoms with van der Waals surface area (Å²) < 4.78 is 2.05. The van der Waals surface area contributed by atoms with Crippen LogP contribution in [0, 0.1) is 0 Å². The number of carbonyl (C=O) groups is 1. The van der Waals surface area contributed by atoms with Gasteiger partial charge in [-0.05, 0) is 31.7 Å². The van der Waals surface area contributed by atoms with Crippen molar-refractivity contribution in [3.8, 4) is 0 Å². The number of aromatic nitrogens is 1. The van der Waals surface area contributed by atoms with Crippen LogP contribution in [0.4, 0.5) is 0 Å². The predicted octanol–water partition coefficient (Wildman–Crippen LogP) is 3.00. The van der Waals surface area contributed by atoms with Crippen molar-refractivity contribution < 1.29 is 4.79 Å². The Labute approximate surface area is 164 Å². The number of amides is 1. The number of piperazine rings is 1. The molecule has 28 heavy (non-hydrogen) atoms. The number of carbonyl (C=O) groups excluding carboxylic acids is 1. The standard InChI is InChI=1S/C23H25N3O2/c1-17(18-8-4-3-5-9-18)26-16-20(22(27)19-10-6-7-11-21(19)26)23(28)25-14-12-24(2)13-15-25/h3-11,16-17H,12-15H2,1-2H3. The van der Waals surface area contributed by atoms with Crippen LogP contribution in [-0.4, -0.2) is 53.5 Å². The van der Waals surface area contributed by atoms with Crippen molar-refractivity contribution in [1.82, 2.24) is 14.4 Å². The van der Waals surface area contributed by atoms with Crippen LogP contribution in [0.3, 0.4) is 0 Å². The molecule has 1 amide bonds. The fourth-order valence-electron chi connectivity index (χ4n) is 3.85. The second-order valence-corrected chi connectivity index (χ2v) is 7.48. The van der Waals surface area contributed by atoms with Crippen molar-refractivity contribution in [2.75, 3.05) is 33.2 Å². The molecule has 0 bridgehead atoms. The van der Waals surface area contributed by atoms with Gasteiger partial charge >= 0.3 is 0 Å². The van der Waals surface area contributed by atoms with E-state index < -0.39 is 0 Å². The zero-order chi connectivity index (χ0) is 19.7. The van der Waals surface area contributed by atoms with E-state index in [1.54, 1.807) is 11.1 Å². The highest BCUT2D eigenvalue weighted by atomic mass is 16.2. The number of para-hydroxylation sites is 1. The molecule has 4 rings (SSSR count).